The first kappa shape index (κ1) is 12.8. The van der Waals surface area contributed by atoms with Gasteiger partial charge in [0.2, 0.25) is 0 Å². The molecule has 1 aromatic rings. The summed E-state index contributed by atoms with van der Waals surface area (Å²) in [6.45, 7) is 6.34. The second-order valence-corrected chi connectivity index (χ2v) is 4.25. The molecular weight excluding hydrogens is 198 g/mol. The van der Waals surface area contributed by atoms with Crippen molar-refractivity contribution in [1.82, 2.24) is 15.1 Å². The van der Waals surface area contributed by atoms with Crippen molar-refractivity contribution in [3.8, 4) is 12.3 Å². The molecular formula is C13H21N3. The van der Waals surface area contributed by atoms with Gasteiger partial charge in [-0.25, -0.2) is 0 Å². The summed E-state index contributed by atoms with van der Waals surface area (Å²) in [6.07, 6.45) is 9.24. The molecule has 1 heterocycles. The summed E-state index contributed by atoms with van der Waals surface area (Å²) in [4.78, 5) is 0. The van der Waals surface area contributed by atoms with E-state index in [0.717, 1.165) is 18.5 Å². The molecule has 0 aliphatic heterocycles. The molecule has 0 aliphatic carbocycles. The smallest absolute Gasteiger partial charge is 0.0641 e. The van der Waals surface area contributed by atoms with Gasteiger partial charge in [-0.1, -0.05) is 6.92 Å². The molecule has 0 saturated carbocycles. The number of rotatable bonds is 5. The van der Waals surface area contributed by atoms with Crippen LogP contribution >= 0.6 is 0 Å². The van der Waals surface area contributed by atoms with Crippen LogP contribution in [-0.2, 0) is 7.05 Å². The van der Waals surface area contributed by atoms with E-state index in [0.29, 0.717) is 12.1 Å². The number of aromatic nitrogens is 2. The van der Waals surface area contributed by atoms with Gasteiger partial charge in [0.15, 0.2) is 0 Å². The monoisotopic (exact) mass is 219 g/mol. The van der Waals surface area contributed by atoms with Crippen LogP contribution in [0.5, 0.6) is 0 Å². The molecule has 0 radical (unpaired) electrons. The topological polar surface area (TPSA) is 29.9 Å². The lowest BCUT2D eigenvalue weighted by Crippen LogP contribution is -2.30. The predicted molar refractivity (Wildman–Crippen MR) is 67.0 cm³/mol. The minimum atomic E-state index is 0.298. The lowest BCUT2D eigenvalue weighted by molar-refractivity contribution is 0.448. The van der Waals surface area contributed by atoms with Crippen molar-refractivity contribution in [3.05, 3.63) is 17.5 Å². The Morgan fingerprint density at radius 3 is 2.75 bits per heavy atom. The molecule has 0 bridgehead atoms. The molecule has 2 atom stereocenters. The molecule has 3 heteroatoms. The van der Waals surface area contributed by atoms with Crippen LogP contribution in [0.1, 0.15) is 44.0 Å². The van der Waals surface area contributed by atoms with Crippen molar-refractivity contribution in [2.75, 3.05) is 0 Å². The van der Waals surface area contributed by atoms with E-state index in [-0.39, 0.29) is 0 Å². The Kier molecular flexibility index (Phi) is 4.57. The maximum Gasteiger partial charge on any atom is 0.0641 e. The van der Waals surface area contributed by atoms with Crippen LogP contribution in [0.25, 0.3) is 0 Å². The average Bonchev–Trinajstić information content (AvgIpc) is 2.57. The van der Waals surface area contributed by atoms with E-state index < -0.39 is 0 Å². The maximum atomic E-state index is 5.35. The molecule has 0 spiro atoms. The summed E-state index contributed by atoms with van der Waals surface area (Å²) in [5.74, 6) is 2.71. The van der Waals surface area contributed by atoms with Gasteiger partial charge in [-0.2, -0.15) is 5.10 Å². The Morgan fingerprint density at radius 1 is 1.62 bits per heavy atom. The van der Waals surface area contributed by atoms with Gasteiger partial charge in [-0.15, -0.1) is 12.3 Å². The molecule has 2 unspecified atom stereocenters. The Balaban J connectivity index is 2.68. The zero-order chi connectivity index (χ0) is 12.1. The van der Waals surface area contributed by atoms with Crippen LogP contribution in [0.3, 0.4) is 0 Å². The Morgan fingerprint density at radius 2 is 2.31 bits per heavy atom. The second kappa shape index (κ2) is 5.72. The molecule has 3 nitrogen and oxygen atoms in total. The fourth-order valence-corrected chi connectivity index (χ4v) is 1.95. The van der Waals surface area contributed by atoms with E-state index in [1.54, 1.807) is 0 Å². The highest BCUT2D eigenvalue weighted by atomic mass is 15.3. The summed E-state index contributed by atoms with van der Waals surface area (Å²) in [7, 11) is 1.95. The first-order chi connectivity index (χ1) is 7.58. The molecule has 0 amide bonds. The number of aryl methyl sites for hydroxylation is 2. The third kappa shape index (κ3) is 3.11. The standard InChI is InChI=1S/C13H21N3/c1-6-8-12(7-2)14-10(3)13-9-16(5)15-11(13)4/h1,9-10,12,14H,7-8H2,2-5H3. The molecule has 1 aromatic heterocycles. The van der Waals surface area contributed by atoms with Crippen LogP contribution in [0, 0.1) is 19.3 Å². The third-order valence-electron chi connectivity index (χ3n) is 2.86. The zero-order valence-electron chi connectivity index (χ0n) is 10.6. The summed E-state index contributed by atoms with van der Waals surface area (Å²) in [6, 6.07) is 0.687. The fraction of sp³-hybridized carbons (Fsp3) is 0.615. The lowest BCUT2D eigenvalue weighted by Gasteiger charge is -2.20. The number of hydrogen-bond acceptors (Lipinski definition) is 2. The fourth-order valence-electron chi connectivity index (χ4n) is 1.95. The van der Waals surface area contributed by atoms with Crippen molar-refractivity contribution in [1.29, 1.82) is 0 Å². The van der Waals surface area contributed by atoms with Gasteiger partial charge in [0.25, 0.3) is 0 Å². The van der Waals surface area contributed by atoms with Gasteiger partial charge < -0.3 is 5.32 Å². The van der Waals surface area contributed by atoms with Crippen molar-refractivity contribution >= 4 is 0 Å². The van der Waals surface area contributed by atoms with Gasteiger partial charge in [0, 0.05) is 37.3 Å². The second-order valence-electron chi connectivity index (χ2n) is 4.25. The van der Waals surface area contributed by atoms with Crippen molar-refractivity contribution in [2.45, 2.75) is 45.7 Å². The first-order valence-corrected chi connectivity index (χ1v) is 5.78. The Bertz CT molecular complexity index is 373. The Hall–Kier alpha value is -1.27. The van der Waals surface area contributed by atoms with E-state index in [4.69, 9.17) is 6.42 Å². The van der Waals surface area contributed by atoms with Gasteiger partial charge in [0.05, 0.1) is 5.69 Å². The molecule has 0 aliphatic rings. The average molecular weight is 219 g/mol. The molecule has 0 aromatic carbocycles. The number of nitrogens with zero attached hydrogens (tertiary/aromatic N) is 2. The van der Waals surface area contributed by atoms with Crippen molar-refractivity contribution in [3.63, 3.8) is 0 Å². The van der Waals surface area contributed by atoms with E-state index in [2.05, 4.69) is 36.4 Å². The SMILES string of the molecule is C#CCC(CC)NC(C)c1cn(C)nc1C. The van der Waals surface area contributed by atoms with Crippen LogP contribution < -0.4 is 5.32 Å². The number of nitrogens with one attached hydrogen (secondary N) is 1. The summed E-state index contributed by atoms with van der Waals surface area (Å²) >= 11 is 0. The summed E-state index contributed by atoms with van der Waals surface area (Å²) in [5.41, 5.74) is 2.33. The minimum absolute atomic E-state index is 0.298. The maximum absolute atomic E-state index is 5.35. The third-order valence-corrected chi connectivity index (χ3v) is 2.86. The van der Waals surface area contributed by atoms with Crippen LogP contribution in [0.4, 0.5) is 0 Å². The molecule has 88 valence electrons. The van der Waals surface area contributed by atoms with Crippen molar-refractivity contribution < 1.29 is 0 Å². The Labute approximate surface area is 98.2 Å². The van der Waals surface area contributed by atoms with Gasteiger partial charge in [0.1, 0.15) is 0 Å². The van der Waals surface area contributed by atoms with E-state index in [1.165, 1.54) is 5.56 Å². The molecule has 0 fully saturated rings. The molecule has 1 N–H and O–H groups in total. The molecule has 1 rings (SSSR count). The highest BCUT2D eigenvalue weighted by molar-refractivity contribution is 5.19. The normalized spacial score (nSPS) is 14.4. The largest absolute Gasteiger partial charge is 0.306 e. The highest BCUT2D eigenvalue weighted by Crippen LogP contribution is 2.17. The van der Waals surface area contributed by atoms with Crippen LogP contribution in [-0.4, -0.2) is 15.8 Å². The van der Waals surface area contributed by atoms with Gasteiger partial charge in [-0.3, -0.25) is 4.68 Å². The molecule has 0 saturated heterocycles. The minimum Gasteiger partial charge on any atom is -0.306 e. The van der Waals surface area contributed by atoms with Gasteiger partial charge in [-0.05, 0) is 20.3 Å². The van der Waals surface area contributed by atoms with E-state index >= 15 is 0 Å². The predicted octanol–water partition coefficient (Wildman–Crippen LogP) is 2.18. The quantitative estimate of drug-likeness (QED) is 0.769. The number of hydrogen-bond donors (Lipinski definition) is 1. The van der Waals surface area contributed by atoms with E-state index in [9.17, 15) is 0 Å². The summed E-state index contributed by atoms with van der Waals surface area (Å²) < 4.78 is 1.85. The molecule has 16 heavy (non-hydrogen) atoms. The zero-order valence-corrected chi connectivity index (χ0v) is 10.6. The van der Waals surface area contributed by atoms with Crippen LogP contribution in [0.2, 0.25) is 0 Å². The van der Waals surface area contributed by atoms with Crippen molar-refractivity contribution in [2.24, 2.45) is 7.05 Å². The highest BCUT2D eigenvalue weighted by Gasteiger charge is 2.14. The first-order valence-electron chi connectivity index (χ1n) is 5.78. The van der Waals surface area contributed by atoms with Gasteiger partial charge >= 0.3 is 0 Å². The lowest BCUT2D eigenvalue weighted by atomic mass is 10.1. The number of terminal acetylenes is 1. The summed E-state index contributed by atoms with van der Waals surface area (Å²) in [5, 5.41) is 7.89. The van der Waals surface area contributed by atoms with Crippen LogP contribution in [0.15, 0.2) is 6.20 Å². The van der Waals surface area contributed by atoms with E-state index in [1.807, 2.05) is 18.7 Å².